The molecule has 0 fully saturated rings. The molecule has 0 saturated carbocycles. The molecule has 3 heteroatoms. The maximum atomic E-state index is 3.31. The molecule has 0 aromatic carbocycles. The van der Waals surface area contributed by atoms with Gasteiger partial charge < -0.3 is 24.8 Å². The third-order valence-electron chi connectivity index (χ3n) is 2.92. The summed E-state index contributed by atoms with van der Waals surface area (Å²) in [5.41, 5.74) is 1.77. The second-order valence-corrected chi connectivity index (χ2v) is 4.11. The van der Waals surface area contributed by atoms with Crippen molar-refractivity contribution in [1.82, 2.24) is 0 Å². The standard InChI is InChI=1S/C11H17.2ClH.Zr/c1-9(2)11(3,4)10-7-5-6-8-10;;;/h5-6,9H,7H2,1-4H3;2*1H;/q-1;;;+3/p-2. The maximum absolute atomic E-state index is 3.31. The van der Waals surface area contributed by atoms with Crippen molar-refractivity contribution in [3.05, 3.63) is 23.8 Å². The monoisotopic (exact) mass is 309 g/mol. The van der Waals surface area contributed by atoms with Gasteiger partial charge in [0.25, 0.3) is 0 Å². The molecule has 0 spiro atoms. The second kappa shape index (κ2) is 8.14. The van der Waals surface area contributed by atoms with Gasteiger partial charge in [-0.1, -0.05) is 34.1 Å². The van der Waals surface area contributed by atoms with Crippen molar-refractivity contribution in [3.8, 4) is 0 Å². The van der Waals surface area contributed by atoms with Crippen LogP contribution in [0.2, 0.25) is 0 Å². The van der Waals surface area contributed by atoms with Crippen molar-refractivity contribution in [2.24, 2.45) is 11.3 Å². The second-order valence-electron chi connectivity index (χ2n) is 4.11. The van der Waals surface area contributed by atoms with E-state index in [0.717, 1.165) is 6.42 Å². The Hall–Kier alpha value is 0.943. The molecule has 14 heavy (non-hydrogen) atoms. The van der Waals surface area contributed by atoms with Crippen molar-refractivity contribution >= 4 is 0 Å². The van der Waals surface area contributed by atoms with Crippen LogP contribution in [0.5, 0.6) is 0 Å². The van der Waals surface area contributed by atoms with Crippen molar-refractivity contribution in [1.29, 1.82) is 0 Å². The smallest absolute Gasteiger partial charge is 1.00 e. The fourth-order valence-corrected chi connectivity index (χ4v) is 1.19. The van der Waals surface area contributed by atoms with Crippen LogP contribution < -0.4 is 24.8 Å². The van der Waals surface area contributed by atoms with E-state index in [1.54, 1.807) is 0 Å². The molecule has 0 aliphatic heterocycles. The largest absolute Gasteiger partial charge is 3.00 e. The van der Waals surface area contributed by atoms with E-state index in [1.807, 2.05) is 6.08 Å². The van der Waals surface area contributed by atoms with Crippen LogP contribution in [0.3, 0.4) is 0 Å². The van der Waals surface area contributed by atoms with Crippen LogP contribution in [0.1, 0.15) is 34.1 Å². The fraction of sp³-hybridized carbons (Fsp3) is 0.636. The predicted molar refractivity (Wildman–Crippen MR) is 49.1 cm³/mol. The first-order chi connectivity index (χ1) is 5.05. The zero-order valence-electron chi connectivity index (χ0n) is 9.20. The number of rotatable bonds is 2. The van der Waals surface area contributed by atoms with Gasteiger partial charge in [-0.3, -0.25) is 6.08 Å². The Labute approximate surface area is 120 Å². The summed E-state index contributed by atoms with van der Waals surface area (Å²) < 4.78 is 0. The molecule has 0 N–H and O–H groups in total. The summed E-state index contributed by atoms with van der Waals surface area (Å²) in [5.74, 6) is 0.699. The summed E-state index contributed by atoms with van der Waals surface area (Å²) in [4.78, 5) is 0. The first kappa shape index (κ1) is 20.4. The summed E-state index contributed by atoms with van der Waals surface area (Å²) >= 11 is 0. The van der Waals surface area contributed by atoms with Gasteiger partial charge in [0.2, 0.25) is 0 Å². The van der Waals surface area contributed by atoms with Crippen LogP contribution in [-0.2, 0) is 26.2 Å². The number of halogens is 2. The van der Waals surface area contributed by atoms with Gasteiger partial charge in [-0.25, -0.2) is 12.2 Å². The zero-order valence-corrected chi connectivity index (χ0v) is 13.2. The predicted octanol–water partition coefficient (Wildman–Crippen LogP) is -2.64. The van der Waals surface area contributed by atoms with Crippen LogP contribution in [0.4, 0.5) is 0 Å². The molecule has 0 amide bonds. The first-order valence-corrected chi connectivity index (χ1v) is 4.33. The van der Waals surface area contributed by atoms with Gasteiger partial charge in [0.1, 0.15) is 0 Å². The third kappa shape index (κ3) is 4.64. The normalized spacial score (nSPS) is 13.9. The molecule has 1 aliphatic carbocycles. The minimum Gasteiger partial charge on any atom is -1.00 e. The summed E-state index contributed by atoms with van der Waals surface area (Å²) in [5, 5.41) is 0. The topological polar surface area (TPSA) is 0 Å². The van der Waals surface area contributed by atoms with Crippen LogP contribution in [-0.4, -0.2) is 0 Å². The van der Waals surface area contributed by atoms with Gasteiger partial charge in [0.05, 0.1) is 0 Å². The van der Waals surface area contributed by atoms with Crippen LogP contribution in [0, 0.1) is 17.4 Å². The minimum atomic E-state index is 0. The van der Waals surface area contributed by atoms with Gasteiger partial charge in [-0.15, -0.1) is 0 Å². The van der Waals surface area contributed by atoms with Crippen LogP contribution in [0.15, 0.2) is 17.7 Å². The first-order valence-electron chi connectivity index (χ1n) is 4.33. The Bertz CT molecular complexity index is 205. The Morgan fingerprint density at radius 1 is 1.29 bits per heavy atom. The van der Waals surface area contributed by atoms with Crippen LogP contribution in [0.25, 0.3) is 0 Å². The van der Waals surface area contributed by atoms with Gasteiger partial charge in [-0.2, -0.15) is 5.57 Å². The summed E-state index contributed by atoms with van der Waals surface area (Å²) in [7, 11) is 0. The van der Waals surface area contributed by atoms with Crippen molar-refractivity contribution in [3.63, 3.8) is 0 Å². The molecule has 0 aromatic rings. The molecular weight excluding hydrogens is 294 g/mol. The quantitative estimate of drug-likeness (QED) is 0.489. The molecule has 79 valence electrons. The van der Waals surface area contributed by atoms with E-state index in [4.69, 9.17) is 0 Å². The summed E-state index contributed by atoms with van der Waals surface area (Å²) in [6.07, 6.45) is 8.64. The fourth-order valence-electron chi connectivity index (χ4n) is 1.19. The maximum Gasteiger partial charge on any atom is 3.00 e. The van der Waals surface area contributed by atoms with E-state index >= 15 is 0 Å². The molecule has 0 nitrogen and oxygen atoms in total. The zero-order chi connectivity index (χ0) is 8.48. The van der Waals surface area contributed by atoms with E-state index in [2.05, 4.69) is 39.8 Å². The van der Waals surface area contributed by atoms with Gasteiger partial charge in [-0.05, 0) is 11.3 Å². The van der Waals surface area contributed by atoms with Crippen molar-refractivity contribution in [2.45, 2.75) is 34.1 Å². The van der Waals surface area contributed by atoms with Crippen molar-refractivity contribution < 1.29 is 51.0 Å². The third-order valence-corrected chi connectivity index (χ3v) is 2.92. The van der Waals surface area contributed by atoms with E-state index in [0.29, 0.717) is 11.3 Å². The van der Waals surface area contributed by atoms with Gasteiger partial charge >= 0.3 is 26.2 Å². The Kier molecular flexibility index (Phi) is 11.8. The average molecular weight is 311 g/mol. The summed E-state index contributed by atoms with van der Waals surface area (Å²) in [6.45, 7) is 9.14. The molecule has 1 radical (unpaired) electrons. The number of hydrogen-bond acceptors (Lipinski definition) is 0. The van der Waals surface area contributed by atoms with E-state index < -0.39 is 0 Å². The minimum absolute atomic E-state index is 0. The molecule has 0 atom stereocenters. The van der Waals surface area contributed by atoms with Crippen LogP contribution >= 0.6 is 0 Å². The molecule has 1 aliphatic rings. The van der Waals surface area contributed by atoms with Gasteiger partial charge in [0, 0.05) is 0 Å². The molecule has 0 saturated heterocycles. The Balaban J connectivity index is -0.000000403. The molecule has 0 unspecified atom stereocenters. The molecule has 0 heterocycles. The van der Waals surface area contributed by atoms with E-state index in [1.165, 1.54) is 5.57 Å². The SMILES string of the molecule is CC(C)C(C)(C)C1=[C-]C=CC1.[Cl-].[Cl-].[Zr+3]. The number of hydrogen-bond donors (Lipinski definition) is 0. The van der Waals surface area contributed by atoms with Gasteiger partial charge in [0.15, 0.2) is 0 Å². The van der Waals surface area contributed by atoms with E-state index in [-0.39, 0.29) is 51.0 Å². The summed E-state index contributed by atoms with van der Waals surface area (Å²) in [6, 6.07) is 0. The molecule has 1 rings (SSSR count). The Morgan fingerprint density at radius 2 is 1.79 bits per heavy atom. The van der Waals surface area contributed by atoms with E-state index in [9.17, 15) is 0 Å². The average Bonchev–Trinajstić information content (AvgIpc) is 2.37. The Morgan fingerprint density at radius 3 is 2.07 bits per heavy atom. The molecule has 0 bridgehead atoms. The molecular formula is C11H17Cl2Zr. The number of allylic oxidation sites excluding steroid dienone is 4. The molecule has 0 aromatic heterocycles. The van der Waals surface area contributed by atoms with Crippen molar-refractivity contribution in [2.75, 3.05) is 0 Å².